The van der Waals surface area contributed by atoms with Crippen molar-refractivity contribution >= 4 is 17.4 Å². The molecule has 98 valence electrons. The van der Waals surface area contributed by atoms with E-state index in [0.29, 0.717) is 11.5 Å². The third-order valence-corrected chi connectivity index (χ3v) is 3.52. The van der Waals surface area contributed by atoms with E-state index in [0.717, 1.165) is 16.3 Å². The average Bonchev–Trinajstić information content (AvgIpc) is 2.85. The quantitative estimate of drug-likeness (QED) is 0.860. The van der Waals surface area contributed by atoms with Crippen LogP contribution in [-0.2, 0) is 0 Å². The molecule has 19 heavy (non-hydrogen) atoms. The molecule has 1 N–H and O–H groups in total. The normalized spacial score (nSPS) is 11.9. The van der Waals surface area contributed by atoms with Gasteiger partial charge in [0.1, 0.15) is 17.9 Å². The second kappa shape index (κ2) is 5.81. The van der Waals surface area contributed by atoms with Crippen molar-refractivity contribution in [2.24, 2.45) is 0 Å². The third kappa shape index (κ3) is 2.91. The van der Waals surface area contributed by atoms with Gasteiger partial charge in [0.05, 0.1) is 17.4 Å². The van der Waals surface area contributed by atoms with Gasteiger partial charge in [-0.05, 0) is 32.2 Å². The Kier molecular flexibility index (Phi) is 4.13. The summed E-state index contributed by atoms with van der Waals surface area (Å²) in [6, 6.07) is 7.92. The maximum atomic E-state index is 9.28. The first-order valence-corrected chi connectivity index (χ1v) is 7.14. The largest absolute Gasteiger partial charge is 0.444 e. The fourth-order valence-corrected chi connectivity index (χ4v) is 2.38. The van der Waals surface area contributed by atoms with E-state index in [1.54, 1.807) is 18.0 Å². The van der Waals surface area contributed by atoms with Crippen molar-refractivity contribution < 1.29 is 4.42 Å². The molecule has 1 unspecified atom stereocenters. The number of rotatable bonds is 4. The van der Waals surface area contributed by atoms with E-state index in [2.05, 4.69) is 16.4 Å². The fourth-order valence-electron chi connectivity index (χ4n) is 1.80. The van der Waals surface area contributed by atoms with Crippen molar-refractivity contribution in [3.8, 4) is 6.07 Å². The number of hydrogen-bond acceptors (Lipinski definition) is 5. The number of nitrogens with zero attached hydrogens (tertiary/aromatic N) is 2. The maximum Gasteiger partial charge on any atom is 0.216 e. The average molecular weight is 273 g/mol. The maximum absolute atomic E-state index is 9.28. The van der Waals surface area contributed by atoms with E-state index in [1.807, 2.05) is 38.3 Å². The number of thioether (sulfide) groups is 1. The smallest absolute Gasteiger partial charge is 0.216 e. The molecule has 2 rings (SSSR count). The second-order valence-electron chi connectivity index (χ2n) is 4.17. The fraction of sp³-hybridized carbons (Fsp3) is 0.286. The monoisotopic (exact) mass is 273 g/mol. The predicted molar refractivity (Wildman–Crippen MR) is 76.2 cm³/mol. The van der Waals surface area contributed by atoms with Crippen LogP contribution < -0.4 is 5.32 Å². The van der Waals surface area contributed by atoms with Gasteiger partial charge in [-0.1, -0.05) is 6.07 Å². The van der Waals surface area contributed by atoms with Crippen LogP contribution in [0.25, 0.3) is 0 Å². The summed E-state index contributed by atoms with van der Waals surface area (Å²) in [5.41, 5.74) is 1.46. The summed E-state index contributed by atoms with van der Waals surface area (Å²) in [5, 5.41) is 12.5. The second-order valence-corrected chi connectivity index (χ2v) is 5.02. The van der Waals surface area contributed by atoms with E-state index in [1.165, 1.54) is 0 Å². The molecule has 2 aromatic rings. The van der Waals surface area contributed by atoms with Crippen LogP contribution >= 0.6 is 11.8 Å². The van der Waals surface area contributed by atoms with Crippen LogP contribution in [0, 0.1) is 18.3 Å². The summed E-state index contributed by atoms with van der Waals surface area (Å²) in [4.78, 5) is 5.15. The molecule has 1 aromatic heterocycles. The number of benzene rings is 1. The minimum Gasteiger partial charge on any atom is -0.444 e. The minimum atomic E-state index is -0.0853. The molecule has 0 saturated carbocycles. The molecule has 1 atom stereocenters. The van der Waals surface area contributed by atoms with Crippen molar-refractivity contribution in [3.05, 3.63) is 41.6 Å². The first-order chi connectivity index (χ1) is 9.15. The molecule has 0 radical (unpaired) electrons. The van der Waals surface area contributed by atoms with Gasteiger partial charge in [-0.3, -0.25) is 0 Å². The molecule has 1 heterocycles. The Hall–Kier alpha value is -1.93. The molecular weight excluding hydrogens is 258 g/mol. The van der Waals surface area contributed by atoms with Gasteiger partial charge in [-0.15, -0.1) is 11.8 Å². The molecule has 0 spiro atoms. The van der Waals surface area contributed by atoms with Gasteiger partial charge in [0.2, 0.25) is 5.89 Å². The lowest BCUT2D eigenvalue weighted by Gasteiger charge is -2.14. The summed E-state index contributed by atoms with van der Waals surface area (Å²) in [6.45, 7) is 3.82. The number of anilines is 1. The third-order valence-electron chi connectivity index (χ3n) is 2.74. The first-order valence-electron chi connectivity index (χ1n) is 5.91. The van der Waals surface area contributed by atoms with Crippen LogP contribution in [0.1, 0.15) is 30.2 Å². The lowest BCUT2D eigenvalue weighted by atomic mass is 10.1. The Morgan fingerprint density at radius 2 is 2.26 bits per heavy atom. The van der Waals surface area contributed by atoms with Gasteiger partial charge < -0.3 is 9.73 Å². The summed E-state index contributed by atoms with van der Waals surface area (Å²) < 4.78 is 5.49. The van der Waals surface area contributed by atoms with Crippen molar-refractivity contribution in [1.29, 1.82) is 5.26 Å². The number of aryl methyl sites for hydroxylation is 1. The molecule has 5 heteroatoms. The van der Waals surface area contributed by atoms with E-state index >= 15 is 0 Å². The van der Waals surface area contributed by atoms with Gasteiger partial charge in [0.25, 0.3) is 0 Å². The molecule has 0 aliphatic carbocycles. The number of oxazole rings is 1. The Bertz CT molecular complexity index is 615. The lowest BCUT2D eigenvalue weighted by Crippen LogP contribution is -2.08. The van der Waals surface area contributed by atoms with Gasteiger partial charge in [0, 0.05) is 4.90 Å². The van der Waals surface area contributed by atoms with E-state index < -0.39 is 0 Å². The van der Waals surface area contributed by atoms with Gasteiger partial charge in [-0.2, -0.15) is 5.26 Å². The molecular formula is C14H15N3OS. The number of nitrogens with one attached hydrogen (secondary N) is 1. The van der Waals surface area contributed by atoms with Crippen LogP contribution in [0.2, 0.25) is 0 Å². The molecule has 0 aliphatic heterocycles. The summed E-state index contributed by atoms with van der Waals surface area (Å²) in [6.07, 6.45) is 3.65. The van der Waals surface area contributed by atoms with Crippen LogP contribution in [-0.4, -0.2) is 11.2 Å². The summed E-state index contributed by atoms with van der Waals surface area (Å²) >= 11 is 1.56. The van der Waals surface area contributed by atoms with Crippen molar-refractivity contribution in [1.82, 2.24) is 4.98 Å². The number of hydrogen-bond donors (Lipinski definition) is 1. The SMILES string of the molecule is CSc1cccc(NC(C)c2ncc(C)o2)c1C#N. The standard InChI is InChI=1S/C14H15N3OS/c1-9-8-16-14(18-9)10(2)17-12-5-4-6-13(19-3)11(12)7-15/h4-6,8,10,17H,1-3H3. The molecule has 0 fully saturated rings. The highest BCUT2D eigenvalue weighted by molar-refractivity contribution is 7.98. The summed E-state index contributed by atoms with van der Waals surface area (Å²) in [5.74, 6) is 1.40. The Morgan fingerprint density at radius 3 is 2.84 bits per heavy atom. The zero-order chi connectivity index (χ0) is 13.8. The van der Waals surface area contributed by atoms with Crippen molar-refractivity contribution in [2.75, 3.05) is 11.6 Å². The lowest BCUT2D eigenvalue weighted by molar-refractivity contribution is 0.453. The highest BCUT2D eigenvalue weighted by atomic mass is 32.2. The zero-order valence-electron chi connectivity index (χ0n) is 11.1. The number of nitriles is 1. The summed E-state index contributed by atoms with van der Waals surface area (Å²) in [7, 11) is 0. The topological polar surface area (TPSA) is 61.9 Å². The molecule has 0 bridgehead atoms. The Morgan fingerprint density at radius 1 is 1.47 bits per heavy atom. The zero-order valence-corrected chi connectivity index (χ0v) is 11.9. The van der Waals surface area contributed by atoms with Gasteiger partial charge in [0.15, 0.2) is 0 Å². The van der Waals surface area contributed by atoms with Crippen LogP contribution in [0.5, 0.6) is 0 Å². The Labute approximate surface area is 116 Å². The molecule has 0 amide bonds. The first kappa shape index (κ1) is 13.5. The highest BCUT2D eigenvalue weighted by Gasteiger charge is 2.14. The van der Waals surface area contributed by atoms with Gasteiger partial charge >= 0.3 is 0 Å². The van der Waals surface area contributed by atoms with Crippen molar-refractivity contribution in [3.63, 3.8) is 0 Å². The van der Waals surface area contributed by atoms with E-state index in [-0.39, 0.29) is 6.04 Å². The van der Waals surface area contributed by atoms with Crippen molar-refractivity contribution in [2.45, 2.75) is 24.8 Å². The molecule has 0 aliphatic rings. The van der Waals surface area contributed by atoms with E-state index in [4.69, 9.17) is 4.42 Å². The van der Waals surface area contributed by atoms with Crippen LogP contribution in [0.4, 0.5) is 5.69 Å². The Balaban J connectivity index is 2.26. The van der Waals surface area contributed by atoms with Crippen LogP contribution in [0.3, 0.4) is 0 Å². The highest BCUT2D eigenvalue weighted by Crippen LogP contribution is 2.28. The van der Waals surface area contributed by atoms with Gasteiger partial charge in [-0.25, -0.2) is 4.98 Å². The van der Waals surface area contributed by atoms with E-state index in [9.17, 15) is 5.26 Å². The molecule has 1 aromatic carbocycles. The van der Waals surface area contributed by atoms with Crippen LogP contribution in [0.15, 0.2) is 33.7 Å². The molecule has 0 saturated heterocycles. The minimum absolute atomic E-state index is 0.0853. The molecule has 4 nitrogen and oxygen atoms in total. The number of aromatic nitrogens is 1. The predicted octanol–water partition coefficient (Wildman–Crippen LogP) is 3.75.